The van der Waals surface area contributed by atoms with Gasteiger partial charge in [0.15, 0.2) is 0 Å². The van der Waals surface area contributed by atoms with Crippen molar-refractivity contribution in [1.82, 2.24) is 4.57 Å². The van der Waals surface area contributed by atoms with Gasteiger partial charge in [0.2, 0.25) is 0 Å². The first-order valence-corrected chi connectivity index (χ1v) is 27.3. The maximum atomic E-state index is 2.46. The molecule has 0 saturated carbocycles. The number of nitrogens with zero attached hydrogens (tertiary/aromatic N) is 2. The van der Waals surface area contributed by atoms with Gasteiger partial charge in [-0.05, 0) is 168 Å². The Labute approximate surface area is 461 Å². The fraction of sp³-hybridized carbons (Fsp3) is 0.0130. The zero-order valence-electron chi connectivity index (χ0n) is 43.4. The maximum absolute atomic E-state index is 2.46. The Hall–Kier alpha value is -10.3. The fourth-order valence-electron chi connectivity index (χ4n) is 12.8. The van der Waals surface area contributed by atoms with Gasteiger partial charge >= 0.3 is 0 Å². The normalized spacial score (nSPS) is 12.4. The molecule has 1 aromatic heterocycles. The molecule has 2 nitrogen and oxygen atoms in total. The molecule has 0 spiro atoms. The molecule has 0 radical (unpaired) electrons. The van der Waals surface area contributed by atoms with Crippen LogP contribution in [0.25, 0.3) is 93.9 Å². The Balaban J connectivity index is 0.824. The van der Waals surface area contributed by atoms with E-state index in [1.807, 2.05) is 0 Å². The van der Waals surface area contributed by atoms with Crippen LogP contribution in [-0.4, -0.2) is 4.57 Å². The topological polar surface area (TPSA) is 8.17 Å². The monoisotopic (exact) mass is 1000 g/mol. The third-order valence-electron chi connectivity index (χ3n) is 16.4. The Morgan fingerprint density at radius 3 is 1.44 bits per heavy atom. The van der Waals surface area contributed by atoms with E-state index in [4.69, 9.17) is 0 Å². The average Bonchev–Trinajstić information content (AvgIpc) is 4.14. The minimum absolute atomic E-state index is 0.517. The van der Waals surface area contributed by atoms with Crippen LogP contribution >= 0.6 is 0 Å². The van der Waals surface area contributed by atoms with Crippen LogP contribution in [0, 0.1) is 0 Å². The summed E-state index contributed by atoms with van der Waals surface area (Å²) in [5.41, 5.74) is 23.3. The predicted octanol–water partition coefficient (Wildman–Crippen LogP) is 20.4. The summed E-state index contributed by atoms with van der Waals surface area (Å²) >= 11 is 0. The second kappa shape index (κ2) is 19.1. The second-order valence-corrected chi connectivity index (χ2v) is 20.8. The molecule has 0 bridgehead atoms. The highest BCUT2D eigenvalue weighted by atomic mass is 15.1. The molecule has 0 fully saturated rings. The standard InChI is InChI=1S/C77H52N2/c1-5-20-53(21-6-1)61-47-62(54-22-7-2-8-23-54)50-68(49-61)79-75-35-18-16-33-71(75)72-51-60(39-45-76(72)79)58-27-19-26-57(46-58)56-36-40-65(41-37-56)78(66-42-38-55-24-13-14-25-59(55)48-66)67-43-44-70-69-32-15-17-34-73(69)77(74(70)52-67,63-28-9-3-10-29-63)64-30-11-4-12-31-64/h1-52H. The molecule has 0 N–H and O–H groups in total. The minimum atomic E-state index is -0.517. The van der Waals surface area contributed by atoms with Crippen molar-refractivity contribution in [3.63, 3.8) is 0 Å². The highest BCUT2D eigenvalue weighted by Gasteiger charge is 2.46. The first kappa shape index (κ1) is 46.1. The summed E-state index contributed by atoms with van der Waals surface area (Å²) in [6, 6.07) is 116. The highest BCUT2D eigenvalue weighted by molar-refractivity contribution is 6.11. The van der Waals surface area contributed by atoms with E-state index in [0.29, 0.717) is 0 Å². The van der Waals surface area contributed by atoms with E-state index in [1.54, 1.807) is 0 Å². The average molecular weight is 1010 g/mol. The van der Waals surface area contributed by atoms with Gasteiger partial charge in [-0.2, -0.15) is 0 Å². The van der Waals surface area contributed by atoms with Gasteiger partial charge in [0.05, 0.1) is 16.4 Å². The molecule has 0 unspecified atom stereocenters. The molecular formula is C77H52N2. The minimum Gasteiger partial charge on any atom is -0.310 e. The van der Waals surface area contributed by atoms with Crippen molar-refractivity contribution >= 4 is 49.6 Å². The van der Waals surface area contributed by atoms with Crippen molar-refractivity contribution < 1.29 is 0 Å². The Bertz CT molecular complexity index is 4480. The van der Waals surface area contributed by atoms with Crippen molar-refractivity contribution in [3.05, 3.63) is 338 Å². The molecule has 1 aliphatic rings. The van der Waals surface area contributed by atoms with Crippen molar-refractivity contribution in [3.8, 4) is 61.3 Å². The van der Waals surface area contributed by atoms with Gasteiger partial charge in [-0.25, -0.2) is 0 Å². The number of anilines is 3. The molecular weight excluding hydrogens is 953 g/mol. The number of aromatic nitrogens is 1. The summed E-state index contributed by atoms with van der Waals surface area (Å²) in [6.45, 7) is 0. The van der Waals surface area contributed by atoms with E-state index in [9.17, 15) is 0 Å². The third kappa shape index (κ3) is 7.79. The zero-order valence-corrected chi connectivity index (χ0v) is 43.4. The summed E-state index contributed by atoms with van der Waals surface area (Å²) in [5, 5.41) is 4.87. The van der Waals surface area contributed by atoms with E-state index < -0.39 is 5.41 Å². The van der Waals surface area contributed by atoms with E-state index >= 15 is 0 Å². The fourth-order valence-corrected chi connectivity index (χ4v) is 12.8. The molecule has 79 heavy (non-hydrogen) atoms. The van der Waals surface area contributed by atoms with Crippen LogP contribution in [0.15, 0.2) is 315 Å². The maximum Gasteiger partial charge on any atom is 0.0714 e. The van der Waals surface area contributed by atoms with E-state index in [0.717, 1.165) is 28.3 Å². The molecule has 0 saturated heterocycles. The lowest BCUT2D eigenvalue weighted by Crippen LogP contribution is -2.28. The quantitative estimate of drug-likeness (QED) is 0.133. The molecule has 13 aromatic carbocycles. The summed E-state index contributed by atoms with van der Waals surface area (Å²) < 4.78 is 2.44. The molecule has 0 aliphatic heterocycles. The summed E-state index contributed by atoms with van der Waals surface area (Å²) in [7, 11) is 0. The van der Waals surface area contributed by atoms with Crippen molar-refractivity contribution in [1.29, 1.82) is 0 Å². The molecule has 1 heterocycles. The SMILES string of the molecule is c1ccc(-c2cc(-c3ccccc3)cc(-n3c4ccccc4c4cc(-c5cccc(-c6ccc(N(c7ccc8c(c7)C(c7ccccc7)(c7ccccc7)c7ccccc7-8)c7ccc8ccccc8c7)cc6)c5)ccc43)c2)cc1. The van der Waals surface area contributed by atoms with Gasteiger partial charge in [0, 0.05) is 33.5 Å². The first-order valence-electron chi connectivity index (χ1n) is 27.3. The Morgan fingerprint density at radius 2 is 0.734 bits per heavy atom. The van der Waals surface area contributed by atoms with Crippen LogP contribution in [0.4, 0.5) is 17.1 Å². The van der Waals surface area contributed by atoms with Crippen molar-refractivity contribution in [2.24, 2.45) is 0 Å². The summed E-state index contributed by atoms with van der Waals surface area (Å²) in [4.78, 5) is 2.43. The Kier molecular flexibility index (Phi) is 11.1. The van der Waals surface area contributed by atoms with Gasteiger partial charge in [0.25, 0.3) is 0 Å². The number of para-hydroxylation sites is 1. The lowest BCUT2D eigenvalue weighted by atomic mass is 9.67. The van der Waals surface area contributed by atoms with Gasteiger partial charge in [-0.3, -0.25) is 0 Å². The van der Waals surface area contributed by atoms with Gasteiger partial charge in [0.1, 0.15) is 0 Å². The smallest absolute Gasteiger partial charge is 0.0714 e. The van der Waals surface area contributed by atoms with Crippen LogP contribution in [0.3, 0.4) is 0 Å². The lowest BCUT2D eigenvalue weighted by molar-refractivity contribution is 0.768. The number of rotatable bonds is 10. The van der Waals surface area contributed by atoms with Crippen molar-refractivity contribution in [2.75, 3.05) is 4.90 Å². The number of benzene rings is 13. The van der Waals surface area contributed by atoms with Gasteiger partial charge in [-0.1, -0.05) is 237 Å². The van der Waals surface area contributed by atoms with E-state index in [1.165, 1.54) is 105 Å². The van der Waals surface area contributed by atoms with Gasteiger partial charge in [-0.15, -0.1) is 0 Å². The first-order chi connectivity index (χ1) is 39.2. The molecule has 14 aromatic rings. The molecule has 0 amide bonds. The predicted molar refractivity (Wildman–Crippen MR) is 332 cm³/mol. The molecule has 1 aliphatic carbocycles. The zero-order chi connectivity index (χ0) is 52.3. The van der Waals surface area contributed by atoms with Crippen molar-refractivity contribution in [2.45, 2.75) is 5.41 Å². The van der Waals surface area contributed by atoms with Crippen LogP contribution in [-0.2, 0) is 5.41 Å². The number of hydrogen-bond donors (Lipinski definition) is 0. The van der Waals surface area contributed by atoms with Crippen LogP contribution in [0.2, 0.25) is 0 Å². The lowest BCUT2D eigenvalue weighted by Gasteiger charge is -2.35. The molecule has 15 rings (SSSR count). The largest absolute Gasteiger partial charge is 0.310 e. The highest BCUT2D eigenvalue weighted by Crippen LogP contribution is 2.57. The van der Waals surface area contributed by atoms with Crippen LogP contribution in [0.1, 0.15) is 22.3 Å². The Morgan fingerprint density at radius 1 is 0.253 bits per heavy atom. The molecule has 2 heteroatoms. The second-order valence-electron chi connectivity index (χ2n) is 20.8. The third-order valence-corrected chi connectivity index (χ3v) is 16.4. The van der Waals surface area contributed by atoms with Gasteiger partial charge < -0.3 is 9.47 Å². The molecule has 0 atom stereocenters. The van der Waals surface area contributed by atoms with Crippen LogP contribution in [0.5, 0.6) is 0 Å². The summed E-state index contributed by atoms with van der Waals surface area (Å²) in [6.07, 6.45) is 0. The number of hydrogen-bond acceptors (Lipinski definition) is 1. The molecule has 370 valence electrons. The van der Waals surface area contributed by atoms with Crippen LogP contribution < -0.4 is 4.90 Å². The number of fused-ring (bicyclic) bond motifs is 7. The van der Waals surface area contributed by atoms with E-state index in [2.05, 4.69) is 325 Å². The van der Waals surface area contributed by atoms with E-state index in [-0.39, 0.29) is 0 Å². The summed E-state index contributed by atoms with van der Waals surface area (Å²) in [5.74, 6) is 0.